The summed E-state index contributed by atoms with van der Waals surface area (Å²) in [5.74, 6) is -2.08. The zero-order chi connectivity index (χ0) is 49.4. The van der Waals surface area contributed by atoms with Gasteiger partial charge in [0.2, 0.25) is 17.7 Å². The highest BCUT2D eigenvalue weighted by atomic mass is 16.6. The first-order valence-electron chi connectivity index (χ1n) is 22.9. The Morgan fingerprint density at radius 1 is 0.536 bits per heavy atom. The van der Waals surface area contributed by atoms with Crippen LogP contribution in [0.2, 0.25) is 0 Å². The highest BCUT2D eigenvalue weighted by Gasteiger charge is 2.39. The molecule has 0 aliphatic carbocycles. The van der Waals surface area contributed by atoms with E-state index in [1.54, 1.807) is 51.1 Å². The van der Waals surface area contributed by atoms with E-state index in [4.69, 9.17) is 23.7 Å². The van der Waals surface area contributed by atoms with Crippen molar-refractivity contribution in [1.29, 1.82) is 0 Å². The van der Waals surface area contributed by atoms with Crippen LogP contribution in [0.3, 0.4) is 0 Å². The van der Waals surface area contributed by atoms with Crippen LogP contribution in [0.25, 0.3) is 0 Å². The van der Waals surface area contributed by atoms with Gasteiger partial charge < -0.3 is 49.4 Å². The normalized spacial score (nSPS) is 17.7. The highest BCUT2D eigenvalue weighted by molar-refractivity contribution is 6.06. The van der Waals surface area contributed by atoms with Gasteiger partial charge in [0, 0.05) is 30.8 Å². The Kier molecular flexibility index (Phi) is 15.4. The molecule has 3 aliphatic heterocycles. The van der Waals surface area contributed by atoms with Crippen LogP contribution in [-0.4, -0.2) is 121 Å². The van der Waals surface area contributed by atoms with Gasteiger partial charge in [-0.1, -0.05) is 30.3 Å². The van der Waals surface area contributed by atoms with Crippen molar-refractivity contribution in [3.05, 3.63) is 107 Å². The Morgan fingerprint density at radius 2 is 0.928 bits per heavy atom. The number of nitrogens with zero attached hydrogens (tertiary/aromatic N) is 3. The van der Waals surface area contributed by atoms with Gasteiger partial charge in [-0.15, -0.1) is 0 Å². The molecule has 6 amide bonds. The number of methoxy groups -OCH3 is 3. The van der Waals surface area contributed by atoms with Crippen molar-refractivity contribution < 1.29 is 57.2 Å². The van der Waals surface area contributed by atoms with Gasteiger partial charge in [-0.3, -0.25) is 28.9 Å². The van der Waals surface area contributed by atoms with E-state index in [1.165, 1.54) is 60.3 Å². The number of carbonyl (C=O) groups excluding carboxylic acids is 7. The number of carbonyl (C=O) groups is 7. The molecule has 18 nitrogen and oxygen atoms in total. The fraction of sp³-hybridized carbons (Fsp3) is 0.392. The topological polar surface area (TPSA) is 211 Å². The maximum Gasteiger partial charge on any atom is 0.410 e. The van der Waals surface area contributed by atoms with Crippen molar-refractivity contribution in [2.75, 3.05) is 56.9 Å². The van der Waals surface area contributed by atoms with Crippen LogP contribution in [0, 0.1) is 0 Å². The molecule has 364 valence electrons. The summed E-state index contributed by atoms with van der Waals surface area (Å²) in [6, 6.07) is 20.4. The maximum absolute atomic E-state index is 14.2. The van der Waals surface area contributed by atoms with E-state index < -0.39 is 65.3 Å². The third-order valence-corrected chi connectivity index (χ3v) is 12.1. The molecular formula is C51H58N6O12. The predicted octanol–water partition coefficient (Wildman–Crippen LogP) is 6.89. The lowest BCUT2D eigenvalue weighted by Crippen LogP contribution is -2.45. The second-order valence-corrected chi connectivity index (χ2v) is 17.9. The van der Waals surface area contributed by atoms with E-state index in [1.807, 2.05) is 30.3 Å². The minimum Gasteiger partial charge on any atom is -0.495 e. The molecule has 0 saturated carbocycles. The highest BCUT2D eigenvalue weighted by Crippen LogP contribution is 2.33. The molecule has 3 N–H and O–H groups in total. The van der Waals surface area contributed by atoms with Crippen molar-refractivity contribution in [3.63, 3.8) is 0 Å². The number of nitrogens with one attached hydrogen (secondary N) is 3. The number of ether oxygens (including phenoxy) is 5. The van der Waals surface area contributed by atoms with E-state index in [9.17, 15) is 33.6 Å². The standard InChI is InChI=1S/C51H58N6O12/c1-51(2,3)69-50(64)57-26-12-17-40(57)46(60)53-36-28-33(19-22-42(36)66-5)48(62)55-24-10-15-38(55)44(58)52-35-27-32(18-21-41(35)65-4)47(61)56-25-11-16-39(56)45(59)54-37-29-34(20-23-43(37)67-6)49(63)68-30-31-13-8-7-9-14-31/h7-9,13-14,18-23,27-29,38-40H,10-12,15-17,24-26,30H2,1-6H3,(H,52,58)(H,53,60)(H,54,59)/t38-,39-,40-/m0/s1. The lowest BCUT2D eigenvalue weighted by molar-refractivity contribution is -0.120. The Hall–Kier alpha value is -7.63. The second kappa shape index (κ2) is 21.5. The largest absolute Gasteiger partial charge is 0.495 e. The van der Waals surface area contributed by atoms with Crippen molar-refractivity contribution in [1.82, 2.24) is 14.7 Å². The van der Waals surface area contributed by atoms with Crippen molar-refractivity contribution >= 4 is 58.7 Å². The number of esters is 1. The zero-order valence-corrected chi connectivity index (χ0v) is 39.6. The molecule has 3 saturated heterocycles. The summed E-state index contributed by atoms with van der Waals surface area (Å²) in [7, 11) is 4.29. The number of rotatable bonds is 14. The summed E-state index contributed by atoms with van der Waals surface area (Å²) in [5, 5.41) is 8.55. The van der Waals surface area contributed by atoms with Crippen LogP contribution in [-0.2, 0) is 30.5 Å². The van der Waals surface area contributed by atoms with Crippen LogP contribution >= 0.6 is 0 Å². The number of amides is 6. The molecule has 3 aliphatic rings. The van der Waals surface area contributed by atoms with Crippen LogP contribution in [0.15, 0.2) is 84.9 Å². The first kappa shape index (κ1) is 49.3. The fourth-order valence-electron chi connectivity index (χ4n) is 8.74. The third kappa shape index (κ3) is 11.6. The summed E-state index contributed by atoms with van der Waals surface area (Å²) >= 11 is 0. The number of hydrogen-bond donors (Lipinski definition) is 3. The number of hydrogen-bond acceptors (Lipinski definition) is 12. The molecule has 0 bridgehead atoms. The van der Waals surface area contributed by atoms with Gasteiger partial charge in [0.15, 0.2) is 0 Å². The van der Waals surface area contributed by atoms with Crippen molar-refractivity contribution in [2.45, 2.75) is 89.6 Å². The molecule has 0 unspecified atom stereocenters. The van der Waals surface area contributed by atoms with Gasteiger partial charge in [0.05, 0.1) is 44.0 Å². The lowest BCUT2D eigenvalue weighted by Gasteiger charge is -2.28. The molecule has 18 heteroatoms. The third-order valence-electron chi connectivity index (χ3n) is 12.1. The Morgan fingerprint density at radius 3 is 1.35 bits per heavy atom. The molecule has 4 aromatic rings. The minimum atomic E-state index is -0.893. The van der Waals surface area contributed by atoms with E-state index in [0.29, 0.717) is 56.6 Å². The average Bonchev–Trinajstić information content (AvgIpc) is 4.15. The van der Waals surface area contributed by atoms with Gasteiger partial charge in [-0.05, 0) is 119 Å². The first-order valence-corrected chi connectivity index (χ1v) is 22.9. The number of likely N-dealkylation sites (tertiary alicyclic amines) is 3. The molecule has 3 fully saturated rings. The van der Waals surface area contributed by atoms with Crippen molar-refractivity contribution in [3.8, 4) is 17.2 Å². The van der Waals surface area contributed by atoms with Crippen LogP contribution in [0.4, 0.5) is 21.9 Å². The van der Waals surface area contributed by atoms with Gasteiger partial charge >= 0.3 is 12.1 Å². The predicted molar refractivity (Wildman–Crippen MR) is 255 cm³/mol. The molecule has 7 rings (SSSR count). The monoisotopic (exact) mass is 946 g/mol. The fourth-order valence-corrected chi connectivity index (χ4v) is 8.74. The van der Waals surface area contributed by atoms with E-state index in [2.05, 4.69) is 16.0 Å². The van der Waals surface area contributed by atoms with Gasteiger partial charge in [-0.25, -0.2) is 9.59 Å². The minimum absolute atomic E-state index is 0.0679. The van der Waals surface area contributed by atoms with Crippen molar-refractivity contribution in [2.24, 2.45) is 0 Å². The summed E-state index contributed by atoms with van der Waals surface area (Å²) < 4.78 is 27.6. The second-order valence-electron chi connectivity index (χ2n) is 17.9. The van der Waals surface area contributed by atoms with Gasteiger partial charge in [0.25, 0.3) is 11.8 Å². The smallest absolute Gasteiger partial charge is 0.410 e. The molecule has 4 aromatic carbocycles. The lowest BCUT2D eigenvalue weighted by atomic mass is 10.1. The molecule has 0 aromatic heterocycles. The van der Waals surface area contributed by atoms with Gasteiger partial charge in [0.1, 0.15) is 47.6 Å². The molecule has 69 heavy (non-hydrogen) atoms. The summed E-state index contributed by atoms with van der Waals surface area (Å²) in [6.45, 7) is 6.25. The number of anilines is 3. The quantitative estimate of drug-likeness (QED) is 0.110. The Bertz CT molecular complexity index is 2600. The van der Waals surface area contributed by atoms with Crippen LogP contribution in [0.1, 0.15) is 95.9 Å². The van der Waals surface area contributed by atoms with E-state index in [-0.39, 0.29) is 59.2 Å². The van der Waals surface area contributed by atoms with E-state index in [0.717, 1.165) is 5.56 Å². The maximum atomic E-state index is 14.2. The molecule has 0 radical (unpaired) electrons. The molecule has 3 atom stereocenters. The molecular weight excluding hydrogens is 889 g/mol. The molecule has 3 heterocycles. The summed E-state index contributed by atoms with van der Waals surface area (Å²) in [4.78, 5) is 100. The summed E-state index contributed by atoms with van der Waals surface area (Å²) in [6.07, 6.45) is 2.27. The van der Waals surface area contributed by atoms with E-state index >= 15 is 0 Å². The average molecular weight is 947 g/mol. The zero-order valence-electron chi connectivity index (χ0n) is 39.6. The van der Waals surface area contributed by atoms with Gasteiger partial charge in [-0.2, -0.15) is 0 Å². The summed E-state index contributed by atoms with van der Waals surface area (Å²) in [5.41, 5.74) is 1.30. The Balaban J connectivity index is 1.01. The number of benzene rings is 4. The van der Waals surface area contributed by atoms with Crippen LogP contribution < -0.4 is 30.2 Å². The molecule has 0 spiro atoms. The first-order chi connectivity index (χ1) is 33.1. The SMILES string of the molecule is COc1ccc(C(=O)N2CCC[C@H]2C(=O)Nc2cc(C(=O)N3CCC[C@H]3C(=O)Nc3cc(C(=O)OCc4ccccc4)ccc3OC)ccc2OC)cc1NC(=O)[C@@H]1CCCN1C(=O)OC(C)(C)C. The Labute approximate surface area is 400 Å². The van der Waals surface area contributed by atoms with Crippen LogP contribution in [0.5, 0.6) is 17.2 Å².